The largest absolute Gasteiger partial charge is 0.435 e. The quantitative estimate of drug-likeness (QED) is 0.263. The Morgan fingerprint density at radius 1 is 1.06 bits per heavy atom. The van der Waals surface area contributed by atoms with Crippen LogP contribution in [-0.4, -0.2) is 20.7 Å². The molecule has 4 aromatic rings. The van der Waals surface area contributed by atoms with Crippen molar-refractivity contribution in [1.29, 1.82) is 0 Å². The molecule has 2 aromatic heterocycles. The van der Waals surface area contributed by atoms with Crippen molar-refractivity contribution < 1.29 is 35.6 Å². The number of hydrogen-bond donors (Lipinski definition) is 1. The highest BCUT2D eigenvalue weighted by atomic mass is 32.2. The number of hydrogen-bond acceptors (Lipinski definition) is 5. The molecule has 2 heterocycles. The van der Waals surface area contributed by atoms with Crippen molar-refractivity contribution in [2.24, 2.45) is 7.05 Å². The normalized spacial score (nSPS) is 12.3. The van der Waals surface area contributed by atoms with Crippen LogP contribution in [-0.2, 0) is 25.2 Å². The van der Waals surface area contributed by atoms with Gasteiger partial charge in [-0.15, -0.1) is 0 Å². The van der Waals surface area contributed by atoms with Gasteiger partial charge in [-0.1, -0.05) is 23.9 Å². The van der Waals surface area contributed by atoms with E-state index in [1.807, 2.05) is 0 Å². The van der Waals surface area contributed by atoms with Gasteiger partial charge in [0.05, 0.1) is 11.1 Å². The van der Waals surface area contributed by atoms with Crippen molar-refractivity contribution in [1.82, 2.24) is 14.8 Å². The Kier molecular flexibility index (Phi) is 6.06. The zero-order chi connectivity index (χ0) is 24.7. The molecular weight excluding hydrogens is 486 g/mol. The monoisotopic (exact) mass is 500 g/mol. The van der Waals surface area contributed by atoms with E-state index in [1.54, 1.807) is 0 Å². The first-order valence-corrected chi connectivity index (χ1v) is 10.5. The van der Waals surface area contributed by atoms with Crippen LogP contribution in [0.15, 0.2) is 58.3 Å². The molecular formula is C21H14F6N4O2S. The number of benzene rings is 2. The molecule has 6 nitrogen and oxygen atoms in total. The first-order chi connectivity index (χ1) is 15.9. The van der Waals surface area contributed by atoms with E-state index in [-0.39, 0.29) is 10.9 Å². The first-order valence-electron chi connectivity index (χ1n) is 9.52. The van der Waals surface area contributed by atoms with Crippen molar-refractivity contribution >= 4 is 34.5 Å². The summed E-state index contributed by atoms with van der Waals surface area (Å²) in [5.74, 6) is -0.685. The van der Waals surface area contributed by atoms with Gasteiger partial charge in [-0.05, 0) is 35.9 Å². The summed E-state index contributed by atoms with van der Waals surface area (Å²) < 4.78 is 83.8. The molecule has 34 heavy (non-hydrogen) atoms. The fourth-order valence-electron chi connectivity index (χ4n) is 3.04. The molecule has 178 valence electrons. The second-order valence-electron chi connectivity index (χ2n) is 7.16. The summed E-state index contributed by atoms with van der Waals surface area (Å²) in [5, 5.41) is 5.93. The number of amides is 1. The number of oxazole rings is 1. The summed E-state index contributed by atoms with van der Waals surface area (Å²) in [4.78, 5) is 16.7. The lowest BCUT2D eigenvalue weighted by Gasteiger charge is -2.07. The fraction of sp³-hybridized carbons (Fsp3) is 0.190. The fourth-order valence-corrected chi connectivity index (χ4v) is 3.84. The second kappa shape index (κ2) is 8.70. The summed E-state index contributed by atoms with van der Waals surface area (Å²) >= 11 is 1.15. The second-order valence-corrected chi connectivity index (χ2v) is 8.09. The summed E-state index contributed by atoms with van der Waals surface area (Å²) in [5.41, 5.74) is -1.13. The highest BCUT2D eigenvalue weighted by Gasteiger charge is 2.39. The highest BCUT2D eigenvalue weighted by molar-refractivity contribution is 7.98. The van der Waals surface area contributed by atoms with Gasteiger partial charge in [0.2, 0.25) is 0 Å². The van der Waals surface area contributed by atoms with E-state index in [4.69, 9.17) is 4.42 Å². The van der Waals surface area contributed by atoms with E-state index in [9.17, 15) is 31.1 Å². The van der Waals surface area contributed by atoms with Gasteiger partial charge in [0.25, 0.3) is 11.1 Å². The molecule has 0 bridgehead atoms. The molecule has 0 fully saturated rings. The van der Waals surface area contributed by atoms with E-state index >= 15 is 0 Å². The number of aryl methyl sites for hydroxylation is 1. The Bertz CT molecular complexity index is 1340. The van der Waals surface area contributed by atoms with E-state index in [2.05, 4.69) is 15.4 Å². The maximum absolute atomic E-state index is 13.1. The zero-order valence-electron chi connectivity index (χ0n) is 17.2. The average molecular weight is 500 g/mol. The van der Waals surface area contributed by atoms with Gasteiger partial charge in [0.15, 0.2) is 11.3 Å². The summed E-state index contributed by atoms with van der Waals surface area (Å²) in [6.45, 7) is 0. The van der Waals surface area contributed by atoms with Gasteiger partial charge >= 0.3 is 12.4 Å². The Morgan fingerprint density at radius 2 is 1.76 bits per heavy atom. The number of nitrogens with one attached hydrogen (secondary N) is 1. The lowest BCUT2D eigenvalue weighted by molar-refractivity contribution is -0.141. The molecule has 1 amide bonds. The Labute approximate surface area is 192 Å². The topological polar surface area (TPSA) is 73.0 Å². The number of halogens is 6. The minimum absolute atomic E-state index is 0.196. The average Bonchev–Trinajstić information content (AvgIpc) is 3.34. The molecule has 0 aliphatic rings. The summed E-state index contributed by atoms with van der Waals surface area (Å²) in [7, 11) is 1.28. The van der Waals surface area contributed by atoms with Gasteiger partial charge in [-0.2, -0.15) is 31.4 Å². The predicted molar refractivity (Wildman–Crippen MR) is 111 cm³/mol. The lowest BCUT2D eigenvalue weighted by atomic mass is 10.1. The SMILES string of the molecule is Cn1cc(C(=O)Nc2ccc3oc(SCc4ccc(C(F)(F)F)cc4)nc3c2)c(C(F)(F)F)n1. The van der Waals surface area contributed by atoms with E-state index in [0.717, 1.165) is 34.8 Å². The predicted octanol–water partition coefficient (Wildman–Crippen LogP) is 6.14. The van der Waals surface area contributed by atoms with Crippen LogP contribution < -0.4 is 5.32 Å². The van der Waals surface area contributed by atoms with Crippen LogP contribution in [0.3, 0.4) is 0 Å². The number of alkyl halides is 6. The molecule has 0 aliphatic heterocycles. The van der Waals surface area contributed by atoms with Crippen LogP contribution in [0.2, 0.25) is 0 Å². The molecule has 2 aromatic carbocycles. The van der Waals surface area contributed by atoms with E-state index < -0.39 is 35.1 Å². The number of thioether (sulfide) groups is 1. The standard InChI is InChI=1S/C21H14F6N4O2S/c1-31-9-14(17(30-31)21(25,26)27)18(32)28-13-6-7-16-15(8-13)29-19(33-16)34-10-11-2-4-12(5-3-11)20(22,23)24/h2-9H,10H2,1H3,(H,28,32). The lowest BCUT2D eigenvalue weighted by Crippen LogP contribution is -2.17. The van der Waals surface area contributed by atoms with Crippen LogP contribution in [0, 0.1) is 0 Å². The van der Waals surface area contributed by atoms with Gasteiger partial charge in [0, 0.05) is 24.7 Å². The number of carbonyl (C=O) groups excluding carboxylic acids is 1. The van der Waals surface area contributed by atoms with Crippen LogP contribution in [0.1, 0.15) is 27.2 Å². The molecule has 0 atom stereocenters. The summed E-state index contributed by atoms with van der Waals surface area (Å²) in [6, 6.07) is 9.07. The molecule has 0 saturated carbocycles. The third kappa shape index (κ3) is 5.19. The summed E-state index contributed by atoms with van der Waals surface area (Å²) in [6.07, 6.45) is -8.23. The van der Waals surface area contributed by atoms with Crippen molar-refractivity contribution in [3.63, 3.8) is 0 Å². The van der Waals surface area contributed by atoms with Crippen molar-refractivity contribution in [2.45, 2.75) is 23.3 Å². The minimum Gasteiger partial charge on any atom is -0.431 e. The van der Waals surface area contributed by atoms with Gasteiger partial charge < -0.3 is 9.73 Å². The number of aromatic nitrogens is 3. The molecule has 13 heteroatoms. The number of fused-ring (bicyclic) bond motifs is 1. The van der Waals surface area contributed by atoms with Crippen molar-refractivity contribution in [3.8, 4) is 0 Å². The minimum atomic E-state index is -4.79. The first kappa shape index (κ1) is 23.7. The third-order valence-corrected chi connectivity index (χ3v) is 5.51. The molecule has 0 spiro atoms. The Morgan fingerprint density at radius 3 is 2.41 bits per heavy atom. The number of carbonyl (C=O) groups is 1. The molecule has 1 N–H and O–H groups in total. The third-order valence-electron chi connectivity index (χ3n) is 4.61. The van der Waals surface area contributed by atoms with Gasteiger partial charge in [-0.3, -0.25) is 9.48 Å². The molecule has 0 radical (unpaired) electrons. The van der Waals surface area contributed by atoms with Crippen molar-refractivity contribution in [2.75, 3.05) is 5.32 Å². The van der Waals surface area contributed by atoms with Crippen LogP contribution in [0.5, 0.6) is 0 Å². The highest BCUT2D eigenvalue weighted by Crippen LogP contribution is 2.33. The van der Waals surface area contributed by atoms with E-state index in [0.29, 0.717) is 22.4 Å². The Hall–Kier alpha value is -3.48. The molecule has 0 aliphatic carbocycles. The number of nitrogens with zero attached hydrogens (tertiary/aromatic N) is 3. The Balaban J connectivity index is 1.46. The zero-order valence-corrected chi connectivity index (χ0v) is 18.0. The number of rotatable bonds is 5. The van der Waals surface area contributed by atoms with Crippen LogP contribution in [0.25, 0.3) is 11.1 Å². The molecule has 0 unspecified atom stereocenters. The van der Waals surface area contributed by atoms with E-state index in [1.165, 1.54) is 37.4 Å². The van der Waals surface area contributed by atoms with Crippen LogP contribution in [0.4, 0.5) is 32.0 Å². The molecule has 0 saturated heterocycles. The van der Waals surface area contributed by atoms with Crippen LogP contribution >= 0.6 is 11.8 Å². The smallest absolute Gasteiger partial charge is 0.431 e. The maximum Gasteiger partial charge on any atom is 0.435 e. The number of anilines is 1. The maximum atomic E-state index is 13.1. The van der Waals surface area contributed by atoms with Gasteiger partial charge in [-0.25, -0.2) is 4.98 Å². The van der Waals surface area contributed by atoms with Crippen molar-refractivity contribution in [3.05, 3.63) is 71.0 Å². The molecule has 4 rings (SSSR count). The van der Waals surface area contributed by atoms with Gasteiger partial charge in [0.1, 0.15) is 5.52 Å².